The molecule has 1 saturated heterocycles. The lowest BCUT2D eigenvalue weighted by molar-refractivity contribution is -0.129. The van der Waals surface area contributed by atoms with Crippen molar-refractivity contribution in [3.8, 4) is 0 Å². The summed E-state index contributed by atoms with van der Waals surface area (Å²) < 4.78 is 10.6. The van der Waals surface area contributed by atoms with Crippen molar-refractivity contribution < 1.29 is 23.8 Å². The van der Waals surface area contributed by atoms with Crippen molar-refractivity contribution in [2.75, 3.05) is 39.4 Å². The molecule has 1 amide bonds. The van der Waals surface area contributed by atoms with Crippen molar-refractivity contribution in [2.24, 2.45) is 0 Å². The third kappa shape index (κ3) is 3.94. The molecule has 0 spiro atoms. The Morgan fingerprint density at radius 2 is 2.00 bits per heavy atom. The second kappa shape index (κ2) is 8.59. The third-order valence-corrected chi connectivity index (χ3v) is 5.24. The first-order chi connectivity index (χ1) is 14.2. The van der Waals surface area contributed by atoms with E-state index in [4.69, 9.17) is 9.15 Å². The van der Waals surface area contributed by atoms with Crippen molar-refractivity contribution >= 4 is 11.7 Å². The van der Waals surface area contributed by atoms with Crippen LogP contribution in [0.1, 0.15) is 28.7 Å². The van der Waals surface area contributed by atoms with E-state index in [2.05, 4.69) is 9.88 Å². The largest absolute Gasteiger partial charge is 0.503 e. The molecule has 0 bridgehead atoms. The van der Waals surface area contributed by atoms with Gasteiger partial charge in [-0.3, -0.25) is 19.5 Å². The number of furan rings is 1. The maximum absolute atomic E-state index is 13.0. The van der Waals surface area contributed by atoms with Gasteiger partial charge >= 0.3 is 0 Å². The van der Waals surface area contributed by atoms with Crippen LogP contribution >= 0.6 is 0 Å². The molecule has 152 valence electrons. The fourth-order valence-corrected chi connectivity index (χ4v) is 3.79. The number of aliphatic hydroxyl groups is 1. The van der Waals surface area contributed by atoms with Crippen LogP contribution in [0.2, 0.25) is 0 Å². The molecular formula is C21H23N3O5. The summed E-state index contributed by atoms with van der Waals surface area (Å²) in [4.78, 5) is 33.9. The lowest BCUT2D eigenvalue weighted by Crippen LogP contribution is -2.39. The molecule has 2 aliphatic heterocycles. The summed E-state index contributed by atoms with van der Waals surface area (Å²) in [5.41, 5.74) is 0.543. The normalized spacial score (nSPS) is 20.5. The summed E-state index contributed by atoms with van der Waals surface area (Å²) in [7, 11) is 0. The standard InChI is InChI=1S/C21H23N3O5/c25-19(16-6-3-12-29-16)17-18(15-5-1-2-7-22-15)24(21(27)20(17)26)9-4-8-23-10-13-28-14-11-23/h1-3,5-7,12,18,26H,4,8-11,13-14H2/t18-/m0/s1. The van der Waals surface area contributed by atoms with Crippen molar-refractivity contribution in [3.05, 3.63) is 65.6 Å². The fourth-order valence-electron chi connectivity index (χ4n) is 3.79. The number of ether oxygens (including phenoxy) is 1. The van der Waals surface area contributed by atoms with Gasteiger partial charge in [0.25, 0.3) is 5.91 Å². The Morgan fingerprint density at radius 1 is 1.17 bits per heavy atom. The molecule has 2 aromatic heterocycles. The second-order valence-electron chi connectivity index (χ2n) is 7.03. The van der Waals surface area contributed by atoms with Gasteiger partial charge in [-0.05, 0) is 30.7 Å². The number of Topliss-reactive ketones (excluding diaryl/α,β-unsaturated/α-hetero) is 1. The SMILES string of the molecule is O=C(C1=C(O)C(=O)N(CCCN2CCOCC2)[C@H]1c1ccccn1)c1ccco1. The van der Waals surface area contributed by atoms with Crippen molar-refractivity contribution in [3.63, 3.8) is 0 Å². The molecule has 29 heavy (non-hydrogen) atoms. The number of morpholine rings is 1. The molecular weight excluding hydrogens is 374 g/mol. The smallest absolute Gasteiger partial charge is 0.290 e. The molecule has 2 aromatic rings. The van der Waals surface area contributed by atoms with Crippen molar-refractivity contribution in [1.82, 2.24) is 14.8 Å². The summed E-state index contributed by atoms with van der Waals surface area (Å²) in [6.07, 6.45) is 3.71. The van der Waals surface area contributed by atoms with E-state index in [1.54, 1.807) is 30.5 Å². The number of aliphatic hydroxyl groups excluding tert-OH is 1. The Hall–Kier alpha value is -2.97. The Morgan fingerprint density at radius 3 is 2.69 bits per heavy atom. The van der Waals surface area contributed by atoms with E-state index in [0.29, 0.717) is 31.9 Å². The van der Waals surface area contributed by atoms with Gasteiger partial charge in [-0.15, -0.1) is 0 Å². The van der Waals surface area contributed by atoms with Gasteiger partial charge in [-0.25, -0.2) is 0 Å². The molecule has 0 aliphatic carbocycles. The molecule has 1 fully saturated rings. The highest BCUT2D eigenvalue weighted by molar-refractivity contribution is 6.14. The molecule has 8 heteroatoms. The lowest BCUT2D eigenvalue weighted by atomic mass is 9.98. The maximum atomic E-state index is 13.0. The number of hydrogen-bond donors (Lipinski definition) is 1. The summed E-state index contributed by atoms with van der Waals surface area (Å²) >= 11 is 0. The maximum Gasteiger partial charge on any atom is 0.290 e. The van der Waals surface area contributed by atoms with Gasteiger partial charge in [0.2, 0.25) is 5.78 Å². The zero-order valence-corrected chi connectivity index (χ0v) is 16.0. The van der Waals surface area contributed by atoms with Crippen LogP contribution in [0.15, 0.2) is 58.5 Å². The van der Waals surface area contributed by atoms with Gasteiger partial charge in [0.1, 0.15) is 6.04 Å². The van der Waals surface area contributed by atoms with Crippen LogP contribution < -0.4 is 0 Å². The molecule has 0 unspecified atom stereocenters. The Bertz CT molecular complexity index is 888. The van der Waals surface area contributed by atoms with Crippen LogP contribution in [0.4, 0.5) is 0 Å². The third-order valence-electron chi connectivity index (χ3n) is 5.24. The average Bonchev–Trinajstić information content (AvgIpc) is 3.38. The number of amides is 1. The monoisotopic (exact) mass is 397 g/mol. The highest BCUT2D eigenvalue weighted by Gasteiger charge is 2.44. The van der Waals surface area contributed by atoms with E-state index in [1.807, 2.05) is 0 Å². The summed E-state index contributed by atoms with van der Waals surface area (Å²) in [6, 6.07) is 7.68. The van der Waals surface area contributed by atoms with E-state index in [-0.39, 0.29) is 11.3 Å². The van der Waals surface area contributed by atoms with E-state index in [0.717, 1.165) is 19.6 Å². The minimum atomic E-state index is -0.744. The zero-order chi connectivity index (χ0) is 20.2. The minimum absolute atomic E-state index is 0.00928. The summed E-state index contributed by atoms with van der Waals surface area (Å²) in [5.74, 6) is -1.52. The van der Waals surface area contributed by atoms with Gasteiger partial charge in [0, 0.05) is 32.4 Å². The first kappa shape index (κ1) is 19.4. The topological polar surface area (TPSA) is 96.1 Å². The number of pyridine rings is 1. The van der Waals surface area contributed by atoms with Crippen LogP contribution in [-0.4, -0.2) is 71.0 Å². The number of aromatic nitrogens is 1. The predicted molar refractivity (Wildman–Crippen MR) is 103 cm³/mol. The van der Waals surface area contributed by atoms with Crippen molar-refractivity contribution in [2.45, 2.75) is 12.5 Å². The van der Waals surface area contributed by atoms with E-state index < -0.39 is 23.5 Å². The Balaban J connectivity index is 1.57. The molecule has 0 saturated carbocycles. The molecule has 4 heterocycles. The highest BCUT2D eigenvalue weighted by Crippen LogP contribution is 2.38. The molecule has 1 atom stereocenters. The number of carbonyl (C=O) groups excluding carboxylic acids is 2. The van der Waals surface area contributed by atoms with Gasteiger partial charge < -0.3 is 19.2 Å². The first-order valence-electron chi connectivity index (χ1n) is 9.70. The molecule has 4 rings (SSSR count). The molecule has 2 aliphatic rings. The van der Waals surface area contributed by atoms with E-state index in [9.17, 15) is 14.7 Å². The van der Waals surface area contributed by atoms with Gasteiger partial charge in [0.15, 0.2) is 11.5 Å². The van der Waals surface area contributed by atoms with E-state index >= 15 is 0 Å². The highest BCUT2D eigenvalue weighted by atomic mass is 16.5. The van der Waals surface area contributed by atoms with Gasteiger partial charge in [-0.2, -0.15) is 0 Å². The zero-order valence-electron chi connectivity index (χ0n) is 16.0. The number of ketones is 1. The molecule has 0 radical (unpaired) electrons. The number of nitrogens with zero attached hydrogens (tertiary/aromatic N) is 3. The van der Waals surface area contributed by atoms with Crippen LogP contribution in [0.25, 0.3) is 0 Å². The van der Waals surface area contributed by atoms with Crippen LogP contribution in [0.5, 0.6) is 0 Å². The number of hydrogen-bond acceptors (Lipinski definition) is 7. The number of rotatable bonds is 7. The summed E-state index contributed by atoms with van der Waals surface area (Å²) in [5, 5.41) is 10.5. The van der Waals surface area contributed by atoms with Gasteiger partial charge in [-0.1, -0.05) is 6.07 Å². The van der Waals surface area contributed by atoms with Gasteiger partial charge in [0.05, 0.1) is 30.7 Å². The predicted octanol–water partition coefficient (Wildman–Crippen LogP) is 1.98. The Kier molecular flexibility index (Phi) is 5.73. The number of carbonyl (C=O) groups is 2. The second-order valence-corrected chi connectivity index (χ2v) is 7.03. The Labute approximate surface area is 168 Å². The lowest BCUT2D eigenvalue weighted by Gasteiger charge is -2.29. The van der Waals surface area contributed by atoms with Crippen molar-refractivity contribution in [1.29, 1.82) is 0 Å². The quantitative estimate of drug-likeness (QED) is 0.714. The fraction of sp³-hybridized carbons (Fsp3) is 0.381. The average molecular weight is 397 g/mol. The van der Waals surface area contributed by atoms with Crippen LogP contribution in [-0.2, 0) is 9.53 Å². The van der Waals surface area contributed by atoms with Crippen LogP contribution in [0, 0.1) is 0 Å². The van der Waals surface area contributed by atoms with E-state index in [1.165, 1.54) is 17.2 Å². The summed E-state index contributed by atoms with van der Waals surface area (Å²) in [6.45, 7) is 4.36. The van der Waals surface area contributed by atoms with Crippen LogP contribution in [0.3, 0.4) is 0 Å². The molecule has 0 aromatic carbocycles. The first-order valence-corrected chi connectivity index (χ1v) is 9.70. The molecule has 1 N–H and O–H groups in total. The minimum Gasteiger partial charge on any atom is -0.503 e. The molecule has 8 nitrogen and oxygen atoms in total.